The van der Waals surface area contributed by atoms with Crippen LogP contribution in [0.4, 0.5) is 4.39 Å². The lowest BCUT2D eigenvalue weighted by molar-refractivity contribution is 0.466. The van der Waals surface area contributed by atoms with Crippen LogP contribution in [-0.2, 0) is 0 Å². The summed E-state index contributed by atoms with van der Waals surface area (Å²) in [5.74, 6) is 0.682. The zero-order chi connectivity index (χ0) is 14.0. The molecule has 2 N–H and O–H groups in total. The van der Waals surface area contributed by atoms with Gasteiger partial charge in [-0.25, -0.2) is 4.39 Å². The highest BCUT2D eigenvalue weighted by Crippen LogP contribution is 2.32. The van der Waals surface area contributed by atoms with Gasteiger partial charge in [0.1, 0.15) is 17.3 Å². The van der Waals surface area contributed by atoms with E-state index >= 15 is 0 Å². The van der Waals surface area contributed by atoms with Crippen molar-refractivity contribution in [2.45, 2.75) is 13.0 Å². The summed E-state index contributed by atoms with van der Waals surface area (Å²) in [6.45, 7) is 1.87. The molecule has 0 amide bonds. The van der Waals surface area contributed by atoms with Gasteiger partial charge in [-0.05, 0) is 47.1 Å². The van der Waals surface area contributed by atoms with E-state index in [0.717, 1.165) is 10.0 Å². The quantitative estimate of drug-likeness (QED) is 0.787. The van der Waals surface area contributed by atoms with Crippen molar-refractivity contribution in [2.75, 3.05) is 0 Å². The Balaban J connectivity index is 2.36. The monoisotopic (exact) mass is 387 g/mol. The molecule has 0 spiro atoms. The zero-order valence-electron chi connectivity index (χ0n) is 10.2. The number of nitrogens with two attached hydrogens (primary N) is 1. The van der Waals surface area contributed by atoms with Gasteiger partial charge in [0.2, 0.25) is 0 Å². The smallest absolute Gasteiger partial charge is 0.141 e. The average molecular weight is 389 g/mol. The fraction of sp³-hybridized carbons (Fsp3) is 0.143. The summed E-state index contributed by atoms with van der Waals surface area (Å²) in [5.41, 5.74) is 6.76. The van der Waals surface area contributed by atoms with Crippen LogP contribution < -0.4 is 10.5 Å². The van der Waals surface area contributed by atoms with Gasteiger partial charge in [-0.2, -0.15) is 0 Å². The van der Waals surface area contributed by atoms with E-state index in [2.05, 4.69) is 31.9 Å². The van der Waals surface area contributed by atoms with Gasteiger partial charge < -0.3 is 10.5 Å². The maximum absolute atomic E-state index is 13.5. The number of benzene rings is 2. The van der Waals surface area contributed by atoms with Crippen LogP contribution in [0.5, 0.6) is 11.5 Å². The van der Waals surface area contributed by atoms with Gasteiger partial charge in [-0.3, -0.25) is 0 Å². The fourth-order valence-corrected chi connectivity index (χ4v) is 2.23. The van der Waals surface area contributed by atoms with Gasteiger partial charge >= 0.3 is 0 Å². The van der Waals surface area contributed by atoms with E-state index in [9.17, 15) is 4.39 Å². The minimum atomic E-state index is -0.366. The third-order valence-corrected chi connectivity index (χ3v) is 3.72. The molecule has 19 heavy (non-hydrogen) atoms. The molecule has 2 nitrogen and oxygen atoms in total. The number of halogens is 3. The third-order valence-electron chi connectivity index (χ3n) is 2.59. The van der Waals surface area contributed by atoms with Crippen molar-refractivity contribution in [1.82, 2.24) is 0 Å². The van der Waals surface area contributed by atoms with E-state index in [0.29, 0.717) is 16.0 Å². The summed E-state index contributed by atoms with van der Waals surface area (Å²) in [6.07, 6.45) is 0. The van der Waals surface area contributed by atoms with Crippen molar-refractivity contribution in [1.29, 1.82) is 0 Å². The molecule has 100 valence electrons. The summed E-state index contributed by atoms with van der Waals surface area (Å²) in [6, 6.07) is 10.1. The van der Waals surface area contributed by atoms with Crippen molar-refractivity contribution in [2.24, 2.45) is 5.73 Å². The Morgan fingerprint density at radius 3 is 2.53 bits per heavy atom. The third kappa shape index (κ3) is 3.55. The van der Waals surface area contributed by atoms with Crippen LogP contribution in [-0.4, -0.2) is 0 Å². The van der Waals surface area contributed by atoms with E-state index < -0.39 is 0 Å². The van der Waals surface area contributed by atoms with Crippen molar-refractivity contribution in [3.05, 3.63) is 56.7 Å². The second-order valence-corrected chi connectivity index (χ2v) is 5.92. The molecule has 0 aliphatic heterocycles. The van der Waals surface area contributed by atoms with Gasteiger partial charge in [0.15, 0.2) is 0 Å². The maximum Gasteiger partial charge on any atom is 0.141 e. The normalized spacial score (nSPS) is 12.3. The van der Waals surface area contributed by atoms with Crippen molar-refractivity contribution in [3.8, 4) is 11.5 Å². The van der Waals surface area contributed by atoms with Crippen LogP contribution in [0, 0.1) is 5.82 Å². The average Bonchev–Trinajstić information content (AvgIpc) is 2.33. The lowest BCUT2D eigenvalue weighted by Gasteiger charge is -2.14. The molecule has 0 aromatic heterocycles. The van der Waals surface area contributed by atoms with Gasteiger partial charge in [0.25, 0.3) is 0 Å². The Kier molecular flexibility index (Phi) is 4.60. The summed E-state index contributed by atoms with van der Waals surface area (Å²) in [4.78, 5) is 0. The molecule has 2 aromatic rings. The molecule has 0 aliphatic carbocycles. The van der Waals surface area contributed by atoms with Gasteiger partial charge in [-0.15, -0.1) is 0 Å². The summed E-state index contributed by atoms with van der Waals surface area (Å²) in [5, 5.41) is 0. The highest BCUT2D eigenvalue weighted by molar-refractivity contribution is 9.10. The molecule has 2 aromatic carbocycles. The highest BCUT2D eigenvalue weighted by atomic mass is 79.9. The predicted octanol–water partition coefficient (Wildman–Crippen LogP) is 5.16. The SMILES string of the molecule is CC(N)c1ccc(Br)cc1Oc1ccc(Br)c(F)c1. The first-order valence-corrected chi connectivity index (χ1v) is 7.24. The number of hydrogen-bond acceptors (Lipinski definition) is 2. The molecule has 0 radical (unpaired) electrons. The van der Waals surface area contributed by atoms with Crippen LogP contribution in [0.3, 0.4) is 0 Å². The second kappa shape index (κ2) is 6.03. The van der Waals surface area contributed by atoms with E-state index in [-0.39, 0.29) is 11.9 Å². The number of ether oxygens (including phenoxy) is 1. The summed E-state index contributed by atoms with van der Waals surface area (Å²) in [7, 11) is 0. The molecule has 2 rings (SSSR count). The van der Waals surface area contributed by atoms with E-state index in [4.69, 9.17) is 10.5 Å². The largest absolute Gasteiger partial charge is 0.457 e. The molecule has 5 heteroatoms. The van der Waals surface area contributed by atoms with Crippen LogP contribution in [0.15, 0.2) is 45.3 Å². The molecule has 0 saturated carbocycles. The molecule has 0 bridgehead atoms. The van der Waals surface area contributed by atoms with Crippen molar-refractivity contribution >= 4 is 31.9 Å². The zero-order valence-corrected chi connectivity index (χ0v) is 13.3. The Morgan fingerprint density at radius 1 is 1.16 bits per heavy atom. The Bertz CT molecular complexity index is 602. The molecular weight excluding hydrogens is 377 g/mol. The predicted molar refractivity (Wildman–Crippen MR) is 80.9 cm³/mol. The molecule has 1 unspecified atom stereocenters. The first kappa shape index (κ1) is 14.5. The Labute approximate surface area is 128 Å². The topological polar surface area (TPSA) is 35.2 Å². The van der Waals surface area contributed by atoms with Crippen LogP contribution in [0.2, 0.25) is 0 Å². The molecule has 0 saturated heterocycles. The molecule has 0 heterocycles. The Morgan fingerprint density at radius 2 is 1.89 bits per heavy atom. The highest BCUT2D eigenvalue weighted by Gasteiger charge is 2.10. The molecule has 0 aliphatic rings. The number of rotatable bonds is 3. The minimum Gasteiger partial charge on any atom is -0.457 e. The lowest BCUT2D eigenvalue weighted by Crippen LogP contribution is -2.06. The molecule has 1 atom stereocenters. The second-order valence-electron chi connectivity index (χ2n) is 4.15. The van der Waals surface area contributed by atoms with Gasteiger partial charge in [0.05, 0.1) is 4.47 Å². The minimum absolute atomic E-state index is 0.164. The van der Waals surface area contributed by atoms with Crippen molar-refractivity contribution in [3.63, 3.8) is 0 Å². The summed E-state index contributed by atoms with van der Waals surface area (Å²) < 4.78 is 20.5. The molecular formula is C14H12Br2FNO. The first-order valence-electron chi connectivity index (χ1n) is 5.65. The lowest BCUT2D eigenvalue weighted by atomic mass is 10.1. The van der Waals surface area contributed by atoms with E-state index in [1.807, 2.05) is 25.1 Å². The first-order chi connectivity index (χ1) is 8.97. The fourth-order valence-electron chi connectivity index (χ4n) is 1.64. The van der Waals surface area contributed by atoms with E-state index in [1.54, 1.807) is 12.1 Å². The summed E-state index contributed by atoms with van der Waals surface area (Å²) >= 11 is 6.49. The molecule has 0 fully saturated rings. The van der Waals surface area contributed by atoms with Gasteiger partial charge in [-0.1, -0.05) is 22.0 Å². The van der Waals surface area contributed by atoms with Crippen LogP contribution in [0.1, 0.15) is 18.5 Å². The standard InChI is InChI=1S/C14H12Br2FNO/c1-8(18)11-4-2-9(15)6-14(11)19-10-3-5-12(16)13(17)7-10/h2-8H,18H2,1H3. The number of hydrogen-bond donors (Lipinski definition) is 1. The van der Waals surface area contributed by atoms with E-state index in [1.165, 1.54) is 6.07 Å². The van der Waals surface area contributed by atoms with Crippen LogP contribution >= 0.6 is 31.9 Å². The maximum atomic E-state index is 13.5. The Hall–Kier alpha value is -0.910. The van der Waals surface area contributed by atoms with Crippen LogP contribution in [0.25, 0.3) is 0 Å². The van der Waals surface area contributed by atoms with Crippen molar-refractivity contribution < 1.29 is 9.13 Å². The van der Waals surface area contributed by atoms with Gasteiger partial charge in [0, 0.05) is 22.1 Å².